The van der Waals surface area contributed by atoms with Gasteiger partial charge in [-0.15, -0.1) is 0 Å². The van der Waals surface area contributed by atoms with E-state index in [0.29, 0.717) is 41.1 Å². The second-order valence-corrected chi connectivity index (χ2v) is 8.68. The van der Waals surface area contributed by atoms with E-state index in [1.54, 1.807) is 27.2 Å². The number of amides is 1. The van der Waals surface area contributed by atoms with Gasteiger partial charge in [-0.3, -0.25) is 14.5 Å². The lowest BCUT2D eigenvalue weighted by Gasteiger charge is -2.16. The molecule has 4 rings (SSSR count). The lowest BCUT2D eigenvalue weighted by molar-refractivity contribution is 0.0931. The number of aryl methyl sites for hydroxylation is 1. The van der Waals surface area contributed by atoms with Crippen LogP contribution in [0.15, 0.2) is 36.8 Å². The highest BCUT2D eigenvalue weighted by atomic mass is 35.5. The van der Waals surface area contributed by atoms with Crippen molar-refractivity contribution >= 4 is 57.0 Å². The zero-order valence-corrected chi connectivity index (χ0v) is 17.8. The molecule has 152 valence electrons. The summed E-state index contributed by atoms with van der Waals surface area (Å²) < 4.78 is 18.8. The number of aromatic nitrogens is 3. The number of benzene rings is 1. The minimum atomic E-state index is -1.46. The van der Waals surface area contributed by atoms with Gasteiger partial charge < -0.3 is 9.88 Å². The van der Waals surface area contributed by atoms with Crippen LogP contribution in [0, 0.1) is 0 Å². The average Bonchev–Trinajstić information content (AvgIpc) is 3.31. The second-order valence-electron chi connectivity index (χ2n) is 6.67. The molecule has 2 atom stereocenters. The van der Waals surface area contributed by atoms with Crippen molar-refractivity contribution < 1.29 is 9.00 Å². The number of hydrogen-bond donors (Lipinski definition) is 2. The van der Waals surface area contributed by atoms with Gasteiger partial charge in [-0.25, -0.2) is 13.5 Å². The summed E-state index contributed by atoms with van der Waals surface area (Å²) in [5.74, 6) is 0.222. The lowest BCUT2D eigenvalue weighted by Crippen LogP contribution is -2.38. The molecule has 1 amide bonds. The van der Waals surface area contributed by atoms with E-state index in [1.165, 1.54) is 12.4 Å². The summed E-state index contributed by atoms with van der Waals surface area (Å²) in [6.45, 7) is 1.05. The predicted molar refractivity (Wildman–Crippen MR) is 114 cm³/mol. The quantitative estimate of drug-likeness (QED) is 0.622. The first-order valence-electron chi connectivity index (χ1n) is 8.88. The maximum atomic E-state index is 12.8. The van der Waals surface area contributed by atoms with Crippen LogP contribution in [0.2, 0.25) is 10.0 Å². The van der Waals surface area contributed by atoms with E-state index < -0.39 is 11.2 Å². The molecule has 11 heteroatoms. The molecule has 1 aliphatic heterocycles. The predicted octanol–water partition coefficient (Wildman–Crippen LogP) is 2.77. The van der Waals surface area contributed by atoms with Gasteiger partial charge in [-0.2, -0.15) is 0 Å². The summed E-state index contributed by atoms with van der Waals surface area (Å²) >= 11 is 10.9. The van der Waals surface area contributed by atoms with Crippen molar-refractivity contribution in [2.45, 2.75) is 12.5 Å². The molecule has 3 heterocycles. The topological polar surface area (TPSA) is 92.2 Å². The summed E-state index contributed by atoms with van der Waals surface area (Å²) in [6.07, 6.45) is 5.26. The number of carbonyl (C=O) groups excluding carboxylic acids is 1. The van der Waals surface area contributed by atoms with Crippen LogP contribution < -0.4 is 10.0 Å². The molecule has 0 spiro atoms. The van der Waals surface area contributed by atoms with E-state index >= 15 is 0 Å². The minimum Gasteiger partial charge on any atom is -0.347 e. The summed E-state index contributed by atoms with van der Waals surface area (Å²) in [6, 6.07) is 5.16. The first-order valence-corrected chi connectivity index (χ1v) is 10.7. The van der Waals surface area contributed by atoms with E-state index in [0.717, 1.165) is 10.9 Å². The van der Waals surface area contributed by atoms with Crippen LogP contribution in [-0.4, -0.2) is 48.1 Å². The summed E-state index contributed by atoms with van der Waals surface area (Å²) in [5.41, 5.74) is 1.31. The van der Waals surface area contributed by atoms with Crippen LogP contribution in [0.1, 0.15) is 16.9 Å². The van der Waals surface area contributed by atoms with Gasteiger partial charge in [0.2, 0.25) is 0 Å². The van der Waals surface area contributed by atoms with Crippen molar-refractivity contribution in [3.63, 3.8) is 0 Å². The van der Waals surface area contributed by atoms with Crippen molar-refractivity contribution in [1.82, 2.24) is 24.2 Å². The third kappa shape index (κ3) is 4.09. The maximum Gasteiger partial charge on any atom is 0.268 e. The Hall–Kier alpha value is -2.20. The number of hydrogen-bond acceptors (Lipinski definition) is 4. The highest BCUT2D eigenvalue weighted by Crippen LogP contribution is 2.32. The van der Waals surface area contributed by atoms with Crippen molar-refractivity contribution in [3.05, 3.63) is 52.5 Å². The van der Waals surface area contributed by atoms with Crippen molar-refractivity contribution in [2.24, 2.45) is 7.05 Å². The normalized spacial score (nSPS) is 18.1. The second kappa shape index (κ2) is 8.27. The van der Waals surface area contributed by atoms with Crippen molar-refractivity contribution in [3.8, 4) is 0 Å². The molecule has 3 aromatic rings. The Balaban J connectivity index is 1.42. The lowest BCUT2D eigenvalue weighted by atomic mass is 10.2. The fourth-order valence-electron chi connectivity index (χ4n) is 3.33. The number of nitrogens with zero attached hydrogens (tertiary/aromatic N) is 4. The summed E-state index contributed by atoms with van der Waals surface area (Å²) in [5, 5.41) is 4.62. The molecular weight excluding hydrogens is 435 g/mol. The van der Waals surface area contributed by atoms with E-state index in [2.05, 4.69) is 20.0 Å². The Morgan fingerprint density at radius 1 is 1.31 bits per heavy atom. The van der Waals surface area contributed by atoms with Gasteiger partial charge >= 0.3 is 0 Å². The standard InChI is InChI=1S/C18H18Cl2N6O2S/c1-25-14-3-2-13(19)17(20)12(14)8-15(25)18(27)23-11-4-7-26(10-11)29(28)24-16-9-21-5-6-22-16/h2-3,5-6,8-9,11H,4,7,10H2,1H3,(H,22,24)(H,23,27). The van der Waals surface area contributed by atoms with Gasteiger partial charge in [0, 0.05) is 49.5 Å². The third-order valence-corrected chi connectivity index (χ3v) is 6.83. The van der Waals surface area contributed by atoms with E-state index in [9.17, 15) is 9.00 Å². The van der Waals surface area contributed by atoms with Gasteiger partial charge in [0.25, 0.3) is 5.91 Å². The molecule has 1 aromatic carbocycles. The minimum absolute atomic E-state index is 0.118. The molecule has 0 aliphatic carbocycles. The highest BCUT2D eigenvalue weighted by Gasteiger charge is 2.29. The highest BCUT2D eigenvalue weighted by molar-refractivity contribution is 7.84. The maximum absolute atomic E-state index is 12.8. The average molecular weight is 453 g/mol. The largest absolute Gasteiger partial charge is 0.347 e. The van der Waals surface area contributed by atoms with Crippen molar-refractivity contribution in [1.29, 1.82) is 0 Å². The van der Waals surface area contributed by atoms with Gasteiger partial charge in [-0.05, 0) is 24.6 Å². The van der Waals surface area contributed by atoms with Crippen LogP contribution >= 0.6 is 23.2 Å². The van der Waals surface area contributed by atoms with Crippen LogP contribution in [0.4, 0.5) is 5.82 Å². The summed E-state index contributed by atoms with van der Waals surface area (Å²) in [4.78, 5) is 20.8. The number of fused-ring (bicyclic) bond motifs is 1. The van der Waals surface area contributed by atoms with Crippen LogP contribution in [0.25, 0.3) is 10.9 Å². The Morgan fingerprint density at radius 2 is 2.14 bits per heavy atom. The van der Waals surface area contributed by atoms with Gasteiger partial charge in [0.05, 0.1) is 16.2 Å². The van der Waals surface area contributed by atoms with Crippen LogP contribution in [-0.2, 0) is 18.2 Å². The van der Waals surface area contributed by atoms with Gasteiger partial charge in [0.1, 0.15) is 5.69 Å². The molecule has 1 aliphatic rings. The molecule has 29 heavy (non-hydrogen) atoms. The smallest absolute Gasteiger partial charge is 0.268 e. The fourth-order valence-corrected chi connectivity index (χ4v) is 4.71. The SMILES string of the molecule is Cn1c(C(=O)NC2CCN(S(=O)Nc3cnccn3)C2)cc2c(Cl)c(Cl)ccc21. The van der Waals surface area contributed by atoms with E-state index in [-0.39, 0.29) is 11.9 Å². The Morgan fingerprint density at radius 3 is 2.90 bits per heavy atom. The molecule has 0 radical (unpaired) electrons. The molecule has 0 saturated carbocycles. The van der Waals surface area contributed by atoms with Crippen LogP contribution in [0.3, 0.4) is 0 Å². The molecule has 2 N–H and O–H groups in total. The van der Waals surface area contributed by atoms with E-state index in [1.807, 2.05) is 13.1 Å². The van der Waals surface area contributed by atoms with Crippen LogP contribution in [0.5, 0.6) is 0 Å². The fraction of sp³-hybridized carbons (Fsp3) is 0.278. The first kappa shape index (κ1) is 20.1. The van der Waals surface area contributed by atoms with Crippen molar-refractivity contribution in [2.75, 3.05) is 17.8 Å². The van der Waals surface area contributed by atoms with E-state index in [4.69, 9.17) is 23.2 Å². The zero-order valence-electron chi connectivity index (χ0n) is 15.4. The molecule has 1 fully saturated rings. The Labute approximate surface area is 179 Å². The number of rotatable bonds is 5. The van der Waals surface area contributed by atoms with Gasteiger partial charge in [-0.1, -0.05) is 23.2 Å². The molecule has 8 nitrogen and oxygen atoms in total. The number of carbonyl (C=O) groups is 1. The number of nitrogens with one attached hydrogen (secondary N) is 2. The molecular formula is C18H18Cl2N6O2S. The Bertz CT molecular complexity index is 1090. The first-order chi connectivity index (χ1) is 13.9. The Kier molecular flexibility index (Phi) is 5.73. The number of anilines is 1. The molecule has 2 unspecified atom stereocenters. The third-order valence-electron chi connectivity index (χ3n) is 4.82. The molecule has 0 bridgehead atoms. The molecule has 1 saturated heterocycles. The molecule has 2 aromatic heterocycles. The monoisotopic (exact) mass is 452 g/mol. The summed E-state index contributed by atoms with van der Waals surface area (Å²) in [7, 11) is 1.81. The van der Waals surface area contributed by atoms with Gasteiger partial charge in [0.15, 0.2) is 17.0 Å². The zero-order chi connectivity index (χ0) is 20.5. The number of halogens is 2.